The largest absolute Gasteiger partial charge is 0.494 e. The van der Waals surface area contributed by atoms with Gasteiger partial charge in [0.15, 0.2) is 0 Å². The Hall–Kier alpha value is -2.51. The minimum atomic E-state index is -0.516. The van der Waals surface area contributed by atoms with Crippen LogP contribution in [-0.2, 0) is 0 Å². The molecular weight excluding hydrogens is 520 g/mol. The molecule has 0 saturated heterocycles. The van der Waals surface area contributed by atoms with Crippen LogP contribution in [0.15, 0.2) is 30.9 Å². The Morgan fingerprint density at radius 1 is 1.30 bits per heavy atom. The number of halogens is 2. The number of hydrogen-bond acceptors (Lipinski definition) is 6. The van der Waals surface area contributed by atoms with Crippen molar-refractivity contribution >= 4 is 49.4 Å². The highest BCUT2D eigenvalue weighted by Crippen LogP contribution is 2.38. The SMILES string of the molecule is Cc1c(C=Nc2c(Br)cc([N+](=O)[O-])cc2Br)c(O)n(C2CCCCC2)c(=O)c1C#N. The van der Waals surface area contributed by atoms with Crippen LogP contribution in [0.3, 0.4) is 0 Å². The normalized spacial score (nSPS) is 14.7. The van der Waals surface area contributed by atoms with Gasteiger partial charge in [0.2, 0.25) is 5.88 Å². The average Bonchev–Trinajstić information content (AvgIpc) is 2.70. The molecule has 1 aromatic heterocycles. The molecule has 156 valence electrons. The molecule has 1 heterocycles. The Kier molecular flexibility index (Phi) is 6.73. The molecule has 30 heavy (non-hydrogen) atoms. The van der Waals surface area contributed by atoms with Crippen LogP contribution >= 0.6 is 31.9 Å². The summed E-state index contributed by atoms with van der Waals surface area (Å²) in [7, 11) is 0. The summed E-state index contributed by atoms with van der Waals surface area (Å²) < 4.78 is 2.09. The Bertz CT molecular complexity index is 1120. The van der Waals surface area contributed by atoms with Crippen LogP contribution < -0.4 is 5.56 Å². The molecule has 0 aliphatic heterocycles. The molecule has 3 rings (SSSR count). The van der Waals surface area contributed by atoms with Gasteiger partial charge in [-0.05, 0) is 57.2 Å². The second-order valence-corrected chi connectivity index (χ2v) is 8.80. The maximum absolute atomic E-state index is 12.8. The summed E-state index contributed by atoms with van der Waals surface area (Å²) in [6.07, 6.45) is 5.89. The number of hydrogen-bond donors (Lipinski definition) is 1. The van der Waals surface area contributed by atoms with E-state index in [1.807, 2.05) is 6.07 Å². The van der Waals surface area contributed by atoms with E-state index in [1.54, 1.807) is 6.92 Å². The first-order valence-electron chi connectivity index (χ1n) is 9.32. The number of aromatic nitrogens is 1. The van der Waals surface area contributed by atoms with Gasteiger partial charge in [-0.1, -0.05) is 19.3 Å². The monoisotopic (exact) mass is 536 g/mol. The van der Waals surface area contributed by atoms with Crippen molar-refractivity contribution in [3.05, 3.63) is 58.2 Å². The lowest BCUT2D eigenvalue weighted by atomic mass is 9.94. The summed E-state index contributed by atoms with van der Waals surface area (Å²) in [6.45, 7) is 1.59. The molecule has 0 unspecified atom stereocenters. The summed E-state index contributed by atoms with van der Waals surface area (Å²) in [5.74, 6) is -0.221. The van der Waals surface area contributed by atoms with Crippen LogP contribution in [0, 0.1) is 28.4 Å². The van der Waals surface area contributed by atoms with Crippen molar-refractivity contribution in [3.8, 4) is 11.9 Å². The van der Waals surface area contributed by atoms with E-state index in [2.05, 4.69) is 36.9 Å². The number of pyridine rings is 1. The van der Waals surface area contributed by atoms with E-state index in [4.69, 9.17) is 0 Å². The summed E-state index contributed by atoms with van der Waals surface area (Å²) in [5, 5.41) is 31.4. The first-order valence-corrected chi connectivity index (χ1v) is 10.9. The fraction of sp³-hybridized carbons (Fsp3) is 0.350. The van der Waals surface area contributed by atoms with E-state index >= 15 is 0 Å². The third-order valence-corrected chi connectivity index (χ3v) is 6.48. The topological polar surface area (TPSA) is 122 Å². The Balaban J connectivity index is 2.14. The Labute approximate surface area is 189 Å². The van der Waals surface area contributed by atoms with Crippen molar-refractivity contribution in [3.63, 3.8) is 0 Å². The predicted molar refractivity (Wildman–Crippen MR) is 120 cm³/mol. The van der Waals surface area contributed by atoms with Gasteiger partial charge in [0.1, 0.15) is 11.6 Å². The van der Waals surface area contributed by atoms with E-state index in [1.165, 1.54) is 22.9 Å². The van der Waals surface area contributed by atoms with Crippen molar-refractivity contribution in [2.75, 3.05) is 0 Å². The summed E-state index contributed by atoms with van der Waals surface area (Å²) in [5.41, 5.74) is 0.368. The molecule has 10 heteroatoms. The molecule has 1 N–H and O–H groups in total. The molecule has 1 aliphatic carbocycles. The van der Waals surface area contributed by atoms with E-state index in [-0.39, 0.29) is 28.7 Å². The zero-order valence-electron chi connectivity index (χ0n) is 16.1. The first-order chi connectivity index (χ1) is 14.3. The van der Waals surface area contributed by atoms with Crippen molar-refractivity contribution in [1.29, 1.82) is 5.26 Å². The minimum Gasteiger partial charge on any atom is -0.494 e. The number of nitro groups is 1. The second kappa shape index (κ2) is 9.10. The average molecular weight is 538 g/mol. The first kappa shape index (κ1) is 22.2. The number of aromatic hydroxyl groups is 1. The lowest BCUT2D eigenvalue weighted by Gasteiger charge is -2.26. The number of aliphatic imine (C=N–C) groups is 1. The van der Waals surface area contributed by atoms with E-state index in [9.17, 15) is 25.3 Å². The highest BCUT2D eigenvalue weighted by Gasteiger charge is 2.25. The van der Waals surface area contributed by atoms with Crippen LogP contribution in [-0.4, -0.2) is 20.8 Å². The molecule has 1 aromatic carbocycles. The van der Waals surface area contributed by atoms with Gasteiger partial charge >= 0.3 is 0 Å². The number of non-ortho nitro benzene ring substituents is 1. The number of nitriles is 1. The molecule has 1 fully saturated rings. The Morgan fingerprint density at radius 3 is 2.43 bits per heavy atom. The molecule has 0 atom stereocenters. The van der Waals surface area contributed by atoms with Crippen molar-refractivity contribution in [1.82, 2.24) is 4.57 Å². The maximum Gasteiger partial charge on any atom is 0.271 e. The van der Waals surface area contributed by atoms with Crippen LogP contribution in [0.25, 0.3) is 0 Å². The van der Waals surface area contributed by atoms with Crippen LogP contribution in [0.4, 0.5) is 11.4 Å². The molecule has 1 saturated carbocycles. The lowest BCUT2D eigenvalue weighted by Crippen LogP contribution is -2.30. The number of benzene rings is 1. The van der Waals surface area contributed by atoms with Gasteiger partial charge in [0, 0.05) is 24.4 Å². The van der Waals surface area contributed by atoms with Gasteiger partial charge in [-0.3, -0.25) is 24.5 Å². The van der Waals surface area contributed by atoms with Gasteiger partial charge in [0.05, 0.1) is 25.1 Å². The van der Waals surface area contributed by atoms with Gasteiger partial charge in [-0.2, -0.15) is 5.26 Å². The third-order valence-electron chi connectivity index (χ3n) is 5.27. The third kappa shape index (κ3) is 4.18. The van der Waals surface area contributed by atoms with Crippen LogP contribution in [0.1, 0.15) is 54.8 Å². The lowest BCUT2D eigenvalue weighted by molar-refractivity contribution is -0.385. The maximum atomic E-state index is 12.8. The molecule has 0 spiro atoms. The van der Waals surface area contributed by atoms with Crippen molar-refractivity contribution in [2.24, 2.45) is 4.99 Å². The van der Waals surface area contributed by atoms with Crippen molar-refractivity contribution < 1.29 is 10.0 Å². The van der Waals surface area contributed by atoms with E-state index in [0.29, 0.717) is 20.2 Å². The summed E-state index contributed by atoms with van der Waals surface area (Å²) in [6, 6.07) is 4.44. The predicted octanol–water partition coefficient (Wildman–Crippen LogP) is 5.42. The van der Waals surface area contributed by atoms with Gasteiger partial charge in [-0.25, -0.2) is 0 Å². The van der Waals surface area contributed by atoms with Gasteiger partial charge in [0.25, 0.3) is 11.2 Å². The van der Waals surface area contributed by atoms with E-state index in [0.717, 1.165) is 32.1 Å². The fourth-order valence-corrected chi connectivity index (χ4v) is 5.05. The minimum absolute atomic E-state index is 0.0262. The molecule has 1 aliphatic rings. The fourth-order valence-electron chi connectivity index (χ4n) is 3.68. The van der Waals surface area contributed by atoms with E-state index < -0.39 is 10.5 Å². The highest BCUT2D eigenvalue weighted by atomic mass is 79.9. The quantitative estimate of drug-likeness (QED) is 0.317. The Morgan fingerprint density at radius 2 is 1.90 bits per heavy atom. The van der Waals surface area contributed by atoms with Crippen molar-refractivity contribution in [2.45, 2.75) is 45.1 Å². The number of rotatable bonds is 4. The molecule has 0 bridgehead atoms. The van der Waals surface area contributed by atoms with Crippen LogP contribution in [0.5, 0.6) is 5.88 Å². The van der Waals surface area contributed by atoms with Gasteiger partial charge in [-0.15, -0.1) is 0 Å². The number of nitro benzene ring substituents is 1. The smallest absolute Gasteiger partial charge is 0.271 e. The number of nitrogens with zero attached hydrogens (tertiary/aromatic N) is 4. The standard InChI is InChI=1S/C20H18Br2N4O4/c1-11-14(9-23)19(27)25(12-5-3-2-4-6-12)20(28)15(11)10-24-18-16(21)7-13(26(29)30)8-17(18)22/h7-8,10,12,28H,2-6H2,1H3. The molecule has 0 amide bonds. The van der Waals surface area contributed by atoms with Crippen LogP contribution in [0.2, 0.25) is 0 Å². The summed E-state index contributed by atoms with van der Waals surface area (Å²) >= 11 is 6.55. The molecule has 8 nitrogen and oxygen atoms in total. The zero-order valence-corrected chi connectivity index (χ0v) is 19.2. The van der Waals surface area contributed by atoms with Gasteiger partial charge < -0.3 is 5.11 Å². The molecule has 0 radical (unpaired) electrons. The second-order valence-electron chi connectivity index (χ2n) is 7.09. The highest BCUT2D eigenvalue weighted by molar-refractivity contribution is 9.11. The zero-order chi connectivity index (χ0) is 22.0. The summed E-state index contributed by atoms with van der Waals surface area (Å²) in [4.78, 5) is 27.7. The molecule has 2 aromatic rings. The molecular formula is C20H18Br2N4O4.